The maximum absolute atomic E-state index is 13.3. The predicted molar refractivity (Wildman–Crippen MR) is 108 cm³/mol. The number of carbonyl (C=O) groups excluding carboxylic acids is 1. The zero-order chi connectivity index (χ0) is 21.0. The Bertz CT molecular complexity index is 1130. The van der Waals surface area contributed by atoms with E-state index in [0.717, 1.165) is 4.31 Å². The molecular weight excluding hydrogens is 415 g/mol. The summed E-state index contributed by atoms with van der Waals surface area (Å²) in [7, 11) is -0.651. The van der Waals surface area contributed by atoms with Crippen LogP contribution in [0.5, 0.6) is 0 Å². The molecule has 0 radical (unpaired) electrons. The highest BCUT2D eigenvalue weighted by Gasteiger charge is 2.17. The summed E-state index contributed by atoms with van der Waals surface area (Å²) in [6, 6.07) is 12.3. The summed E-state index contributed by atoms with van der Waals surface area (Å²) in [5.41, 5.74) is 1.75. The smallest absolute Gasteiger partial charge is 0.312 e. The van der Waals surface area contributed by atoms with Gasteiger partial charge in [0.1, 0.15) is 17.4 Å². The lowest BCUT2D eigenvalue weighted by molar-refractivity contribution is -0.144. The van der Waals surface area contributed by atoms with E-state index in [4.69, 9.17) is 4.74 Å². The fraction of sp³-hybridized carbons (Fsp3) is 0.200. The molecule has 9 heteroatoms. The van der Waals surface area contributed by atoms with Crippen LogP contribution >= 0.6 is 11.3 Å². The van der Waals surface area contributed by atoms with Crippen molar-refractivity contribution in [2.45, 2.75) is 17.9 Å². The predicted octanol–water partition coefficient (Wildman–Crippen LogP) is 3.49. The molecule has 0 saturated carbocycles. The molecule has 0 N–H and O–H groups in total. The van der Waals surface area contributed by atoms with Gasteiger partial charge in [-0.25, -0.2) is 22.1 Å². The minimum absolute atomic E-state index is 0.0263. The Hall–Kier alpha value is -2.62. The van der Waals surface area contributed by atoms with Crippen molar-refractivity contribution in [3.05, 3.63) is 71.0 Å². The highest BCUT2D eigenvalue weighted by Crippen LogP contribution is 2.24. The molecular formula is C20H19FN2O4S2. The van der Waals surface area contributed by atoms with Crippen molar-refractivity contribution in [3.63, 3.8) is 0 Å². The lowest BCUT2D eigenvalue weighted by Gasteiger charge is -2.12. The summed E-state index contributed by atoms with van der Waals surface area (Å²) >= 11 is 1.32. The molecule has 3 aromatic rings. The summed E-state index contributed by atoms with van der Waals surface area (Å²) in [6.45, 7) is -0.0451. The topological polar surface area (TPSA) is 76.6 Å². The maximum atomic E-state index is 13.3. The molecule has 2 aromatic carbocycles. The third-order valence-corrected chi connectivity index (χ3v) is 6.78. The maximum Gasteiger partial charge on any atom is 0.312 e. The largest absolute Gasteiger partial charge is 0.461 e. The van der Waals surface area contributed by atoms with E-state index in [0.29, 0.717) is 21.8 Å². The minimum atomic E-state index is -3.56. The average molecular weight is 435 g/mol. The monoisotopic (exact) mass is 434 g/mol. The van der Waals surface area contributed by atoms with Crippen LogP contribution in [0.4, 0.5) is 4.39 Å². The molecule has 0 amide bonds. The van der Waals surface area contributed by atoms with Gasteiger partial charge in [-0.2, -0.15) is 0 Å². The van der Waals surface area contributed by atoms with Gasteiger partial charge in [-0.1, -0.05) is 24.3 Å². The summed E-state index contributed by atoms with van der Waals surface area (Å²) in [6.07, 6.45) is -0.0263. The molecule has 29 heavy (non-hydrogen) atoms. The SMILES string of the molecule is CN(C)S(=O)(=O)c1cccc(COC(=O)Cc2csc(-c3cccc(F)c3)n2)c1. The minimum Gasteiger partial charge on any atom is -0.461 e. The Morgan fingerprint density at radius 2 is 1.93 bits per heavy atom. The highest BCUT2D eigenvalue weighted by atomic mass is 32.2. The number of rotatable bonds is 7. The Labute approximate surface area is 172 Å². The molecule has 0 spiro atoms. The number of halogens is 1. The van der Waals surface area contributed by atoms with E-state index in [1.165, 1.54) is 49.7 Å². The van der Waals surface area contributed by atoms with Gasteiger partial charge in [-0.05, 0) is 29.8 Å². The van der Waals surface area contributed by atoms with Crippen LogP contribution in [0.3, 0.4) is 0 Å². The van der Waals surface area contributed by atoms with Gasteiger partial charge in [0.25, 0.3) is 0 Å². The van der Waals surface area contributed by atoms with Gasteiger partial charge in [0.15, 0.2) is 0 Å². The normalized spacial score (nSPS) is 11.6. The van der Waals surface area contributed by atoms with Crippen molar-refractivity contribution < 1.29 is 22.3 Å². The van der Waals surface area contributed by atoms with Gasteiger partial charge in [0, 0.05) is 25.0 Å². The van der Waals surface area contributed by atoms with E-state index in [1.807, 2.05) is 0 Å². The third kappa shape index (κ3) is 5.26. The summed E-state index contributed by atoms with van der Waals surface area (Å²) in [5.74, 6) is -0.834. The van der Waals surface area contributed by atoms with Crippen molar-refractivity contribution in [2.75, 3.05) is 14.1 Å². The lowest BCUT2D eigenvalue weighted by atomic mass is 10.2. The second-order valence-corrected chi connectivity index (χ2v) is 9.44. The van der Waals surface area contributed by atoms with Crippen molar-refractivity contribution in [1.82, 2.24) is 9.29 Å². The first kappa shape index (κ1) is 21.1. The fourth-order valence-electron chi connectivity index (χ4n) is 2.51. The van der Waals surface area contributed by atoms with Crippen LogP contribution in [0, 0.1) is 5.82 Å². The first-order chi connectivity index (χ1) is 13.8. The zero-order valence-corrected chi connectivity index (χ0v) is 17.5. The molecule has 3 rings (SSSR count). The Morgan fingerprint density at radius 3 is 2.66 bits per heavy atom. The zero-order valence-electron chi connectivity index (χ0n) is 15.8. The molecule has 1 aromatic heterocycles. The van der Waals surface area contributed by atoms with E-state index >= 15 is 0 Å². The number of hydrogen-bond acceptors (Lipinski definition) is 6. The Balaban J connectivity index is 1.61. The first-order valence-corrected chi connectivity index (χ1v) is 10.9. The van der Waals surface area contributed by atoms with Crippen molar-refractivity contribution in [2.24, 2.45) is 0 Å². The van der Waals surface area contributed by atoms with E-state index in [2.05, 4.69) is 4.98 Å². The standard InChI is InChI=1S/C20H19FN2O4S2/c1-23(2)29(25,26)18-8-3-5-14(9-18)12-27-19(24)11-17-13-28-20(22-17)15-6-4-7-16(21)10-15/h3-10,13H,11-12H2,1-2H3. The van der Waals surface area contributed by atoms with Crippen LogP contribution in [-0.4, -0.2) is 37.8 Å². The molecule has 0 atom stereocenters. The van der Waals surface area contributed by atoms with E-state index < -0.39 is 16.0 Å². The number of aromatic nitrogens is 1. The van der Waals surface area contributed by atoms with Gasteiger partial charge in [0.05, 0.1) is 17.0 Å². The van der Waals surface area contributed by atoms with Crippen LogP contribution in [0.25, 0.3) is 10.6 Å². The molecule has 6 nitrogen and oxygen atoms in total. The van der Waals surface area contributed by atoms with E-state index in [9.17, 15) is 17.6 Å². The molecule has 0 aliphatic heterocycles. The average Bonchev–Trinajstić information content (AvgIpc) is 3.15. The van der Waals surface area contributed by atoms with Crippen LogP contribution in [0.1, 0.15) is 11.3 Å². The number of carbonyl (C=O) groups is 1. The third-order valence-electron chi connectivity index (χ3n) is 4.03. The van der Waals surface area contributed by atoms with Gasteiger partial charge >= 0.3 is 5.97 Å². The Kier molecular flexibility index (Phi) is 6.41. The Morgan fingerprint density at radius 1 is 1.17 bits per heavy atom. The molecule has 0 fully saturated rings. The summed E-state index contributed by atoms with van der Waals surface area (Å²) in [5, 5.41) is 2.35. The van der Waals surface area contributed by atoms with Gasteiger partial charge < -0.3 is 4.74 Å². The van der Waals surface area contributed by atoms with Gasteiger partial charge in [-0.3, -0.25) is 4.79 Å². The number of benzene rings is 2. The van der Waals surface area contributed by atoms with Crippen molar-refractivity contribution >= 4 is 27.3 Å². The van der Waals surface area contributed by atoms with Crippen LogP contribution < -0.4 is 0 Å². The second-order valence-electron chi connectivity index (χ2n) is 6.43. The van der Waals surface area contributed by atoms with Crippen LogP contribution in [0.15, 0.2) is 58.8 Å². The molecule has 152 valence electrons. The summed E-state index contributed by atoms with van der Waals surface area (Å²) in [4.78, 5) is 16.6. The summed E-state index contributed by atoms with van der Waals surface area (Å²) < 4.78 is 44.1. The van der Waals surface area contributed by atoms with Gasteiger partial charge in [0.2, 0.25) is 10.0 Å². The molecule has 0 bridgehead atoms. The number of sulfonamides is 1. The van der Waals surface area contributed by atoms with Crippen molar-refractivity contribution in [1.29, 1.82) is 0 Å². The number of ether oxygens (including phenoxy) is 1. The van der Waals surface area contributed by atoms with Crippen molar-refractivity contribution in [3.8, 4) is 10.6 Å². The molecule has 0 unspecified atom stereocenters. The van der Waals surface area contributed by atoms with E-state index in [1.54, 1.807) is 29.6 Å². The van der Waals surface area contributed by atoms with Crippen LogP contribution in [0.2, 0.25) is 0 Å². The molecule has 1 heterocycles. The fourth-order valence-corrected chi connectivity index (χ4v) is 4.30. The first-order valence-electron chi connectivity index (χ1n) is 8.63. The highest BCUT2D eigenvalue weighted by molar-refractivity contribution is 7.89. The lowest BCUT2D eigenvalue weighted by Crippen LogP contribution is -2.22. The molecule has 0 aliphatic carbocycles. The number of thiazole rings is 1. The quantitative estimate of drug-likeness (QED) is 0.532. The van der Waals surface area contributed by atoms with E-state index in [-0.39, 0.29) is 23.7 Å². The number of nitrogens with zero attached hydrogens (tertiary/aromatic N) is 2. The van der Waals surface area contributed by atoms with Gasteiger partial charge in [-0.15, -0.1) is 11.3 Å². The second kappa shape index (κ2) is 8.81. The molecule has 0 saturated heterocycles. The molecule has 0 aliphatic rings. The number of esters is 1. The van der Waals surface area contributed by atoms with Crippen LogP contribution in [-0.2, 0) is 32.6 Å². The number of hydrogen-bond donors (Lipinski definition) is 0.